The summed E-state index contributed by atoms with van der Waals surface area (Å²) in [7, 11) is 0. The molecule has 1 aliphatic carbocycles. The quantitative estimate of drug-likeness (QED) is 0.389. The molecule has 1 aromatic rings. The second-order valence-corrected chi connectivity index (χ2v) is 8.21. The smallest absolute Gasteiger partial charge is 0.116 e. The molecule has 0 aromatic heterocycles. The van der Waals surface area contributed by atoms with Gasteiger partial charge in [0, 0.05) is 0 Å². The molecule has 1 aromatic carbocycles. The molecular weight excluding hydrogens is 399 g/mol. The monoisotopic (exact) mass is 433 g/mol. The molecule has 0 saturated heterocycles. The van der Waals surface area contributed by atoms with Gasteiger partial charge in [-0.05, 0) is 42.5 Å². The number of phenolic OH excluding ortho intramolecular Hbond substituents is 1. The van der Waals surface area contributed by atoms with Crippen molar-refractivity contribution >= 4 is 28.6 Å². The number of allylic oxidation sites excluding steroid dienone is 4. The zero-order valence-corrected chi connectivity index (χ0v) is 20.5. The number of phenols is 1. The maximum Gasteiger partial charge on any atom is 0.116 e. The minimum atomic E-state index is 0. The molecule has 0 fully saturated rings. The van der Waals surface area contributed by atoms with Crippen molar-refractivity contribution in [2.45, 2.75) is 67.7 Å². The van der Waals surface area contributed by atoms with Gasteiger partial charge in [-0.2, -0.15) is 6.08 Å². The molecule has 0 saturated carbocycles. The summed E-state index contributed by atoms with van der Waals surface area (Å²) < 4.78 is 1.59. The van der Waals surface area contributed by atoms with E-state index in [-0.39, 0.29) is 24.8 Å². The normalized spacial score (nSPS) is 11.7. The molecule has 1 aliphatic rings. The Morgan fingerprint density at radius 3 is 1.69 bits per heavy atom. The second kappa shape index (κ2) is 15.7. The Morgan fingerprint density at radius 1 is 1.04 bits per heavy atom. The van der Waals surface area contributed by atoms with Gasteiger partial charge in [0.1, 0.15) is 5.75 Å². The van der Waals surface area contributed by atoms with Gasteiger partial charge in [-0.15, -0.1) is 31.2 Å². The molecule has 0 spiro atoms. The number of halogens is 2. The summed E-state index contributed by atoms with van der Waals surface area (Å²) >= 11 is 2.19. The van der Waals surface area contributed by atoms with Gasteiger partial charge in [-0.1, -0.05) is 26.8 Å². The fourth-order valence-electron chi connectivity index (χ4n) is 2.12. The van der Waals surface area contributed by atoms with Crippen molar-refractivity contribution in [3.63, 3.8) is 0 Å². The van der Waals surface area contributed by atoms with Crippen molar-refractivity contribution in [3.05, 3.63) is 53.1 Å². The Kier molecular flexibility index (Phi) is 18.3. The van der Waals surface area contributed by atoms with Gasteiger partial charge in [-0.25, -0.2) is 11.6 Å². The summed E-state index contributed by atoms with van der Waals surface area (Å²) in [5.41, 5.74) is 3.86. The average Bonchev–Trinajstić information content (AvgIpc) is 3.00. The largest absolute Gasteiger partial charge is 0.508 e. The molecule has 2 rings (SSSR count). The SMILES string of the molecule is CC(C)(C)C1=[C-]CC=C1.CC[C](=[Ti+])CC.Cc1cc(C)cc(O)c1.Cl.Cl. The Hall–Kier alpha value is -0.336. The number of hydrogen-bond acceptors (Lipinski definition) is 1. The molecule has 0 aliphatic heterocycles. The number of benzene rings is 1. The molecular formula is C22H35Cl2OTi. The van der Waals surface area contributed by atoms with E-state index in [4.69, 9.17) is 5.11 Å². The van der Waals surface area contributed by atoms with E-state index in [0.29, 0.717) is 11.2 Å². The van der Waals surface area contributed by atoms with Crippen LogP contribution in [0, 0.1) is 25.3 Å². The van der Waals surface area contributed by atoms with Gasteiger partial charge < -0.3 is 5.11 Å². The third-order valence-electron chi connectivity index (χ3n) is 3.56. The van der Waals surface area contributed by atoms with Crippen molar-refractivity contribution in [1.29, 1.82) is 0 Å². The Bertz CT molecular complexity index is 528. The van der Waals surface area contributed by atoms with Crippen LogP contribution in [0.3, 0.4) is 0 Å². The first-order chi connectivity index (χ1) is 11.1. The van der Waals surface area contributed by atoms with Gasteiger partial charge in [0.15, 0.2) is 0 Å². The van der Waals surface area contributed by atoms with Crippen LogP contribution in [-0.2, 0) is 20.0 Å². The number of hydrogen-bond donors (Lipinski definition) is 1. The van der Waals surface area contributed by atoms with E-state index in [9.17, 15) is 0 Å². The van der Waals surface area contributed by atoms with Crippen molar-refractivity contribution in [3.8, 4) is 5.75 Å². The van der Waals surface area contributed by atoms with Crippen molar-refractivity contribution in [1.82, 2.24) is 0 Å². The summed E-state index contributed by atoms with van der Waals surface area (Å²) in [5.74, 6) is 0.354. The summed E-state index contributed by atoms with van der Waals surface area (Å²) in [6.45, 7) is 15.0. The molecule has 1 N–H and O–H groups in total. The van der Waals surface area contributed by atoms with E-state index < -0.39 is 0 Å². The second-order valence-electron chi connectivity index (χ2n) is 7.10. The van der Waals surface area contributed by atoms with Crippen LogP contribution in [0.4, 0.5) is 0 Å². The van der Waals surface area contributed by atoms with E-state index in [1.54, 1.807) is 15.9 Å². The zero-order valence-electron chi connectivity index (χ0n) is 17.3. The first-order valence-electron chi connectivity index (χ1n) is 8.71. The van der Waals surface area contributed by atoms with E-state index in [2.05, 4.69) is 72.8 Å². The molecule has 0 bridgehead atoms. The van der Waals surface area contributed by atoms with Gasteiger partial charge in [0.25, 0.3) is 0 Å². The molecule has 26 heavy (non-hydrogen) atoms. The Balaban J connectivity index is -0.000000301. The molecule has 0 amide bonds. The van der Waals surface area contributed by atoms with Crippen LogP contribution in [0.25, 0.3) is 0 Å². The van der Waals surface area contributed by atoms with Gasteiger partial charge >= 0.3 is 50.5 Å². The predicted molar refractivity (Wildman–Crippen MR) is 118 cm³/mol. The van der Waals surface area contributed by atoms with Gasteiger partial charge in [-0.3, -0.25) is 6.08 Å². The number of aromatic hydroxyl groups is 1. The number of aryl methyl sites for hydroxylation is 2. The number of rotatable bonds is 2. The van der Waals surface area contributed by atoms with Crippen LogP contribution in [0.2, 0.25) is 0 Å². The fraction of sp³-hybridized carbons (Fsp3) is 0.500. The molecule has 0 radical (unpaired) electrons. The van der Waals surface area contributed by atoms with Crippen molar-refractivity contribution in [2.75, 3.05) is 0 Å². The van der Waals surface area contributed by atoms with Crippen LogP contribution < -0.4 is 0 Å². The Labute approximate surface area is 185 Å². The third kappa shape index (κ3) is 14.8. The van der Waals surface area contributed by atoms with E-state index in [1.165, 1.54) is 18.4 Å². The maximum absolute atomic E-state index is 8.99. The summed E-state index contributed by atoms with van der Waals surface area (Å²) in [6, 6.07) is 5.51. The summed E-state index contributed by atoms with van der Waals surface area (Å²) in [4.78, 5) is 0. The Morgan fingerprint density at radius 2 is 1.50 bits per heavy atom. The molecule has 147 valence electrons. The van der Waals surface area contributed by atoms with Crippen molar-refractivity contribution < 1.29 is 25.1 Å². The molecule has 0 atom stereocenters. The van der Waals surface area contributed by atoms with Crippen LogP contribution in [0.15, 0.2) is 35.9 Å². The van der Waals surface area contributed by atoms with Crippen LogP contribution >= 0.6 is 24.8 Å². The molecule has 4 heteroatoms. The first-order valence-corrected chi connectivity index (χ1v) is 9.49. The standard InChI is InChI=1S/C9H13.C8H10O.C5H10.2ClH.Ti/c1-9(2,3)8-6-4-5-7-8;1-6-3-7(2)5-8(9)4-6;1-3-5-4-2;;;/h4,6H,5H2,1-3H3;3-5,9H,1-2H3;3-4H2,1-2H3;2*1H;/q-1;;;;;+1. The van der Waals surface area contributed by atoms with Crippen LogP contribution in [0.1, 0.15) is 65.0 Å². The van der Waals surface area contributed by atoms with Crippen LogP contribution in [-0.4, -0.2) is 8.92 Å². The fourth-order valence-corrected chi connectivity index (χ4v) is 2.12. The van der Waals surface area contributed by atoms with E-state index >= 15 is 0 Å². The zero-order chi connectivity index (χ0) is 18.8. The molecule has 0 unspecified atom stereocenters. The summed E-state index contributed by atoms with van der Waals surface area (Å²) in [5, 5.41) is 8.99. The van der Waals surface area contributed by atoms with E-state index in [1.807, 2.05) is 19.9 Å². The molecule has 1 nitrogen and oxygen atoms in total. The average molecular weight is 434 g/mol. The van der Waals surface area contributed by atoms with E-state index in [0.717, 1.165) is 17.5 Å². The minimum absolute atomic E-state index is 0. The van der Waals surface area contributed by atoms with Crippen molar-refractivity contribution in [2.24, 2.45) is 5.41 Å². The minimum Gasteiger partial charge on any atom is -0.508 e. The molecule has 0 heterocycles. The summed E-state index contributed by atoms with van der Waals surface area (Å²) in [6.07, 6.45) is 11.1. The van der Waals surface area contributed by atoms with Gasteiger partial charge in [0.05, 0.1) is 0 Å². The predicted octanol–water partition coefficient (Wildman–Crippen LogP) is 7.10. The first kappa shape index (κ1) is 30.4. The maximum atomic E-state index is 8.99. The van der Waals surface area contributed by atoms with Gasteiger partial charge in [0.2, 0.25) is 0 Å². The third-order valence-corrected chi connectivity index (χ3v) is 4.67. The topological polar surface area (TPSA) is 20.2 Å². The van der Waals surface area contributed by atoms with Crippen LogP contribution in [0.5, 0.6) is 5.75 Å².